The lowest BCUT2D eigenvalue weighted by molar-refractivity contribution is 0.646. The number of rotatable bonds is 2. The molecular formula is C15H15N7. The van der Waals surface area contributed by atoms with Crippen LogP contribution in [0.25, 0.3) is 11.2 Å². The summed E-state index contributed by atoms with van der Waals surface area (Å²) in [4.78, 5) is 17.7. The fourth-order valence-electron chi connectivity index (χ4n) is 2.69. The number of anilines is 2. The maximum atomic E-state index is 4.61. The average Bonchev–Trinajstić information content (AvgIpc) is 2.62. The summed E-state index contributed by atoms with van der Waals surface area (Å²) in [5.41, 5.74) is 2.64. The average molecular weight is 293 g/mol. The number of piperazine rings is 1. The number of hydrogen-bond acceptors (Lipinski definition) is 7. The largest absolute Gasteiger partial charge is 0.367 e. The van der Waals surface area contributed by atoms with Crippen molar-refractivity contribution in [1.82, 2.24) is 25.1 Å². The first kappa shape index (κ1) is 12.9. The highest BCUT2D eigenvalue weighted by Gasteiger charge is 2.18. The third-order valence-corrected chi connectivity index (χ3v) is 3.85. The van der Waals surface area contributed by atoms with Gasteiger partial charge in [-0.2, -0.15) is 10.2 Å². The molecule has 0 N–H and O–H groups in total. The number of aromatic nitrogens is 5. The van der Waals surface area contributed by atoms with Crippen LogP contribution in [0.1, 0.15) is 0 Å². The second-order valence-electron chi connectivity index (χ2n) is 5.14. The molecule has 22 heavy (non-hydrogen) atoms. The van der Waals surface area contributed by atoms with Gasteiger partial charge in [-0.25, -0.2) is 9.97 Å². The second kappa shape index (κ2) is 5.51. The van der Waals surface area contributed by atoms with Crippen LogP contribution in [0.2, 0.25) is 0 Å². The molecule has 7 nitrogen and oxygen atoms in total. The Hall–Kier alpha value is -2.83. The van der Waals surface area contributed by atoms with Crippen LogP contribution >= 0.6 is 0 Å². The van der Waals surface area contributed by atoms with Crippen molar-refractivity contribution < 1.29 is 0 Å². The van der Waals surface area contributed by atoms with Crippen LogP contribution in [0.4, 0.5) is 11.5 Å². The summed E-state index contributed by atoms with van der Waals surface area (Å²) in [7, 11) is 0. The molecule has 0 saturated carbocycles. The fourth-order valence-corrected chi connectivity index (χ4v) is 2.69. The molecule has 0 unspecified atom stereocenters. The molecule has 0 spiro atoms. The predicted octanol–water partition coefficient (Wildman–Crippen LogP) is 1.14. The second-order valence-corrected chi connectivity index (χ2v) is 5.14. The lowest BCUT2D eigenvalue weighted by Gasteiger charge is -2.36. The molecule has 1 fully saturated rings. The van der Waals surface area contributed by atoms with Gasteiger partial charge in [-0.05, 0) is 18.2 Å². The highest BCUT2D eigenvalue weighted by molar-refractivity contribution is 5.71. The minimum atomic E-state index is 0.695. The molecule has 4 heterocycles. The molecular weight excluding hydrogens is 278 g/mol. The van der Waals surface area contributed by atoms with Crippen LogP contribution in [0.5, 0.6) is 0 Å². The minimum Gasteiger partial charge on any atom is -0.367 e. The van der Waals surface area contributed by atoms with E-state index in [2.05, 4.69) is 34.9 Å². The van der Waals surface area contributed by atoms with Crippen LogP contribution in [-0.2, 0) is 0 Å². The molecule has 0 aliphatic carbocycles. The molecule has 1 aliphatic rings. The number of fused-ring (bicyclic) bond motifs is 1. The van der Waals surface area contributed by atoms with Gasteiger partial charge in [0, 0.05) is 38.6 Å². The predicted molar refractivity (Wildman–Crippen MR) is 83.8 cm³/mol. The normalized spacial score (nSPS) is 15.3. The van der Waals surface area contributed by atoms with Crippen LogP contribution < -0.4 is 9.80 Å². The molecule has 0 atom stereocenters. The third-order valence-electron chi connectivity index (χ3n) is 3.85. The molecule has 3 aromatic rings. The first-order valence-electron chi connectivity index (χ1n) is 7.24. The first-order valence-corrected chi connectivity index (χ1v) is 7.24. The lowest BCUT2D eigenvalue weighted by Crippen LogP contribution is -2.46. The topological polar surface area (TPSA) is 70.9 Å². The van der Waals surface area contributed by atoms with Gasteiger partial charge in [0.15, 0.2) is 5.65 Å². The Morgan fingerprint density at radius 1 is 0.773 bits per heavy atom. The van der Waals surface area contributed by atoms with E-state index in [1.807, 2.05) is 18.2 Å². The molecule has 110 valence electrons. The summed E-state index contributed by atoms with van der Waals surface area (Å²) < 4.78 is 0. The zero-order valence-electron chi connectivity index (χ0n) is 12.0. The molecule has 1 aliphatic heterocycles. The van der Waals surface area contributed by atoms with Crippen LogP contribution in [0.15, 0.2) is 43.0 Å². The van der Waals surface area contributed by atoms with Crippen molar-refractivity contribution in [3.05, 3.63) is 43.0 Å². The number of nitrogens with zero attached hydrogens (tertiary/aromatic N) is 7. The molecule has 4 rings (SSSR count). The molecule has 7 heteroatoms. The summed E-state index contributed by atoms with van der Waals surface area (Å²) in [6.45, 7) is 3.71. The Morgan fingerprint density at radius 2 is 1.59 bits per heavy atom. The van der Waals surface area contributed by atoms with E-state index in [-0.39, 0.29) is 0 Å². The number of pyridine rings is 1. The van der Waals surface area contributed by atoms with Gasteiger partial charge in [0.05, 0.1) is 18.1 Å². The van der Waals surface area contributed by atoms with E-state index in [0.29, 0.717) is 5.65 Å². The van der Waals surface area contributed by atoms with E-state index in [0.717, 1.165) is 43.2 Å². The maximum Gasteiger partial charge on any atom is 0.180 e. The van der Waals surface area contributed by atoms with Crippen molar-refractivity contribution in [2.75, 3.05) is 36.0 Å². The van der Waals surface area contributed by atoms with Gasteiger partial charge in [0.2, 0.25) is 0 Å². The van der Waals surface area contributed by atoms with Crippen molar-refractivity contribution in [2.24, 2.45) is 0 Å². The van der Waals surface area contributed by atoms with Crippen LogP contribution in [0, 0.1) is 0 Å². The zero-order valence-corrected chi connectivity index (χ0v) is 12.0. The summed E-state index contributed by atoms with van der Waals surface area (Å²) >= 11 is 0. The van der Waals surface area contributed by atoms with Crippen LogP contribution in [0.3, 0.4) is 0 Å². The van der Waals surface area contributed by atoms with E-state index >= 15 is 0 Å². The van der Waals surface area contributed by atoms with E-state index in [9.17, 15) is 0 Å². The summed E-state index contributed by atoms with van der Waals surface area (Å²) in [5, 5.41) is 7.76. The third kappa shape index (κ3) is 2.41. The maximum absolute atomic E-state index is 4.61. The van der Waals surface area contributed by atoms with E-state index in [1.54, 1.807) is 24.8 Å². The smallest absolute Gasteiger partial charge is 0.180 e. The Kier molecular flexibility index (Phi) is 3.23. The molecule has 1 saturated heterocycles. The van der Waals surface area contributed by atoms with Crippen LogP contribution in [-0.4, -0.2) is 51.3 Å². The Bertz CT molecular complexity index is 769. The molecule has 3 aromatic heterocycles. The Labute approximate surface area is 127 Å². The standard InChI is InChI=1S/C15H15N7/c1-2-14(20-15-13(1)16-5-6-17-15)22-9-7-21(8-10-22)12-3-4-18-19-11-12/h1-6,11H,7-10H2. The van der Waals surface area contributed by atoms with Gasteiger partial charge >= 0.3 is 0 Å². The Balaban J connectivity index is 1.50. The van der Waals surface area contributed by atoms with Gasteiger partial charge in [0.1, 0.15) is 11.3 Å². The van der Waals surface area contributed by atoms with E-state index in [4.69, 9.17) is 0 Å². The highest BCUT2D eigenvalue weighted by Crippen LogP contribution is 2.19. The summed E-state index contributed by atoms with van der Waals surface area (Å²) in [5.74, 6) is 0.959. The van der Waals surface area contributed by atoms with Crippen molar-refractivity contribution in [3.63, 3.8) is 0 Å². The van der Waals surface area contributed by atoms with Gasteiger partial charge in [-0.3, -0.25) is 4.98 Å². The first-order chi connectivity index (χ1) is 10.9. The Morgan fingerprint density at radius 3 is 2.41 bits per heavy atom. The monoisotopic (exact) mass is 293 g/mol. The highest BCUT2D eigenvalue weighted by atomic mass is 15.3. The van der Waals surface area contributed by atoms with Gasteiger partial charge in [-0.1, -0.05) is 0 Å². The quantitative estimate of drug-likeness (QED) is 0.701. The van der Waals surface area contributed by atoms with Gasteiger partial charge < -0.3 is 9.80 Å². The molecule has 0 amide bonds. The number of hydrogen-bond donors (Lipinski definition) is 0. The van der Waals surface area contributed by atoms with Gasteiger partial charge in [-0.15, -0.1) is 0 Å². The zero-order chi connectivity index (χ0) is 14.8. The van der Waals surface area contributed by atoms with Crippen molar-refractivity contribution in [3.8, 4) is 0 Å². The lowest BCUT2D eigenvalue weighted by atomic mass is 10.2. The van der Waals surface area contributed by atoms with E-state index < -0.39 is 0 Å². The summed E-state index contributed by atoms with van der Waals surface area (Å²) in [6, 6.07) is 5.98. The minimum absolute atomic E-state index is 0.695. The SMILES string of the molecule is c1cc(N2CCN(c3ccc4nccnc4n3)CC2)cnn1. The molecule has 0 radical (unpaired) electrons. The van der Waals surface area contributed by atoms with E-state index in [1.165, 1.54) is 0 Å². The van der Waals surface area contributed by atoms with Crippen molar-refractivity contribution >= 4 is 22.7 Å². The van der Waals surface area contributed by atoms with Crippen molar-refractivity contribution in [2.45, 2.75) is 0 Å². The summed E-state index contributed by atoms with van der Waals surface area (Å²) in [6.07, 6.45) is 6.89. The molecule has 0 bridgehead atoms. The fraction of sp³-hybridized carbons (Fsp3) is 0.267. The van der Waals surface area contributed by atoms with Gasteiger partial charge in [0.25, 0.3) is 0 Å². The molecule has 0 aromatic carbocycles. The van der Waals surface area contributed by atoms with Crippen molar-refractivity contribution in [1.29, 1.82) is 0 Å².